The molecule has 0 saturated carbocycles. The van der Waals surface area contributed by atoms with Crippen molar-refractivity contribution in [3.8, 4) is 0 Å². The highest BCUT2D eigenvalue weighted by Gasteiger charge is 2.05. The van der Waals surface area contributed by atoms with Crippen molar-refractivity contribution in [2.75, 3.05) is 11.9 Å². The molecule has 0 fully saturated rings. The second-order valence-corrected chi connectivity index (χ2v) is 4.34. The number of aliphatic hydroxyl groups excluding tert-OH is 1. The van der Waals surface area contributed by atoms with Crippen LogP contribution in [0, 0.1) is 0 Å². The Balaban J connectivity index is 1.82. The highest BCUT2D eigenvalue weighted by atomic mass is 16.3. The standard InChI is InChI=1S/C13H17N5O2/c1-18-12(9-15-17-18)16-13(20)14-8-11-4-2-10(3-5-11)6-7-19/h2-5,9,19H,6-8H2,1H3,(H2,14,16,20). The molecule has 2 aromatic rings. The number of rotatable bonds is 5. The third kappa shape index (κ3) is 3.79. The average molecular weight is 275 g/mol. The molecule has 2 rings (SSSR count). The van der Waals surface area contributed by atoms with E-state index < -0.39 is 0 Å². The first kappa shape index (κ1) is 14.0. The van der Waals surface area contributed by atoms with Gasteiger partial charge in [0.05, 0.1) is 6.20 Å². The van der Waals surface area contributed by atoms with Crippen LogP contribution in [0.3, 0.4) is 0 Å². The Bertz CT molecular complexity index is 564. The van der Waals surface area contributed by atoms with E-state index in [2.05, 4.69) is 20.9 Å². The molecule has 7 heteroatoms. The molecule has 1 heterocycles. The van der Waals surface area contributed by atoms with Crippen LogP contribution in [0.2, 0.25) is 0 Å². The van der Waals surface area contributed by atoms with Crippen molar-refractivity contribution >= 4 is 11.8 Å². The van der Waals surface area contributed by atoms with Gasteiger partial charge >= 0.3 is 6.03 Å². The van der Waals surface area contributed by atoms with Gasteiger partial charge in [-0.2, -0.15) is 0 Å². The highest BCUT2D eigenvalue weighted by Crippen LogP contribution is 2.05. The van der Waals surface area contributed by atoms with Crippen LogP contribution in [0.5, 0.6) is 0 Å². The van der Waals surface area contributed by atoms with Crippen molar-refractivity contribution in [2.24, 2.45) is 7.05 Å². The minimum atomic E-state index is -0.310. The number of aryl methyl sites for hydroxylation is 1. The van der Waals surface area contributed by atoms with Crippen LogP contribution in [0.25, 0.3) is 0 Å². The molecule has 0 aliphatic heterocycles. The lowest BCUT2D eigenvalue weighted by atomic mass is 10.1. The van der Waals surface area contributed by atoms with Gasteiger partial charge in [-0.05, 0) is 17.5 Å². The predicted octanol–water partition coefficient (Wildman–Crippen LogP) is 0.672. The van der Waals surface area contributed by atoms with E-state index >= 15 is 0 Å². The number of nitrogens with zero attached hydrogens (tertiary/aromatic N) is 3. The van der Waals surface area contributed by atoms with E-state index in [1.54, 1.807) is 7.05 Å². The molecule has 1 aromatic heterocycles. The molecule has 20 heavy (non-hydrogen) atoms. The topological polar surface area (TPSA) is 92.1 Å². The summed E-state index contributed by atoms with van der Waals surface area (Å²) in [7, 11) is 1.70. The van der Waals surface area contributed by atoms with Crippen LogP contribution < -0.4 is 10.6 Å². The molecular formula is C13H17N5O2. The summed E-state index contributed by atoms with van der Waals surface area (Å²) >= 11 is 0. The van der Waals surface area contributed by atoms with E-state index in [0.717, 1.165) is 11.1 Å². The fourth-order valence-electron chi connectivity index (χ4n) is 1.70. The summed E-state index contributed by atoms with van der Waals surface area (Å²) in [6.07, 6.45) is 2.12. The van der Waals surface area contributed by atoms with Crippen molar-refractivity contribution < 1.29 is 9.90 Å². The summed E-state index contributed by atoms with van der Waals surface area (Å²) < 4.78 is 1.48. The smallest absolute Gasteiger partial charge is 0.320 e. The lowest BCUT2D eigenvalue weighted by molar-refractivity contribution is 0.251. The normalized spacial score (nSPS) is 10.3. The number of aromatic nitrogens is 3. The van der Waals surface area contributed by atoms with Gasteiger partial charge in [0.15, 0.2) is 5.82 Å². The molecule has 0 radical (unpaired) electrons. The Morgan fingerprint density at radius 1 is 1.30 bits per heavy atom. The molecule has 0 saturated heterocycles. The third-order valence-corrected chi connectivity index (χ3v) is 2.83. The number of hydrogen-bond acceptors (Lipinski definition) is 4. The molecule has 0 bridgehead atoms. The molecule has 0 atom stereocenters. The SMILES string of the molecule is Cn1nncc1NC(=O)NCc1ccc(CCO)cc1. The Kier molecular flexibility index (Phi) is 4.67. The maximum Gasteiger partial charge on any atom is 0.320 e. The number of nitrogens with one attached hydrogen (secondary N) is 2. The first-order valence-electron chi connectivity index (χ1n) is 6.27. The second-order valence-electron chi connectivity index (χ2n) is 4.34. The summed E-state index contributed by atoms with van der Waals surface area (Å²) in [5, 5.41) is 21.6. The minimum absolute atomic E-state index is 0.138. The second kappa shape index (κ2) is 6.67. The van der Waals surface area contributed by atoms with Crippen LogP contribution in [0.4, 0.5) is 10.6 Å². The van der Waals surface area contributed by atoms with Gasteiger partial charge in [-0.1, -0.05) is 29.5 Å². The number of amides is 2. The number of aliphatic hydroxyl groups is 1. The fraction of sp³-hybridized carbons (Fsp3) is 0.308. The van der Waals surface area contributed by atoms with Gasteiger partial charge in [0, 0.05) is 20.2 Å². The van der Waals surface area contributed by atoms with Gasteiger partial charge in [0.25, 0.3) is 0 Å². The van der Waals surface area contributed by atoms with E-state index in [1.807, 2.05) is 24.3 Å². The molecule has 7 nitrogen and oxygen atoms in total. The zero-order valence-corrected chi connectivity index (χ0v) is 11.2. The monoisotopic (exact) mass is 275 g/mol. The molecule has 106 valence electrons. The van der Waals surface area contributed by atoms with Gasteiger partial charge < -0.3 is 10.4 Å². The molecule has 2 amide bonds. The maximum atomic E-state index is 11.7. The van der Waals surface area contributed by atoms with Crippen molar-refractivity contribution in [3.63, 3.8) is 0 Å². The summed E-state index contributed by atoms with van der Waals surface area (Å²) in [6.45, 7) is 0.565. The number of anilines is 1. The van der Waals surface area contributed by atoms with Crippen molar-refractivity contribution in [1.29, 1.82) is 0 Å². The molecular weight excluding hydrogens is 258 g/mol. The minimum Gasteiger partial charge on any atom is -0.396 e. The van der Waals surface area contributed by atoms with Gasteiger partial charge in [-0.3, -0.25) is 5.32 Å². The van der Waals surface area contributed by atoms with Gasteiger partial charge in [0.1, 0.15) is 0 Å². The van der Waals surface area contributed by atoms with Gasteiger partial charge in [-0.15, -0.1) is 5.10 Å². The number of urea groups is 1. The van der Waals surface area contributed by atoms with Crippen molar-refractivity contribution in [1.82, 2.24) is 20.3 Å². The zero-order chi connectivity index (χ0) is 14.4. The number of benzene rings is 1. The first-order chi connectivity index (χ1) is 9.69. The maximum absolute atomic E-state index is 11.7. The largest absolute Gasteiger partial charge is 0.396 e. The Morgan fingerprint density at radius 3 is 2.60 bits per heavy atom. The Hall–Kier alpha value is -2.41. The molecule has 3 N–H and O–H groups in total. The first-order valence-corrected chi connectivity index (χ1v) is 6.27. The molecule has 0 unspecified atom stereocenters. The van der Waals surface area contributed by atoms with Crippen molar-refractivity contribution in [2.45, 2.75) is 13.0 Å². The highest BCUT2D eigenvalue weighted by molar-refractivity contribution is 5.88. The fourth-order valence-corrected chi connectivity index (χ4v) is 1.70. The van der Waals surface area contributed by atoms with Gasteiger partial charge in [-0.25, -0.2) is 9.48 Å². The van der Waals surface area contributed by atoms with Crippen molar-refractivity contribution in [3.05, 3.63) is 41.6 Å². The van der Waals surface area contributed by atoms with E-state index in [1.165, 1.54) is 10.9 Å². The predicted molar refractivity (Wildman–Crippen MR) is 74.1 cm³/mol. The average Bonchev–Trinajstić information content (AvgIpc) is 2.84. The van der Waals surface area contributed by atoms with Crippen LogP contribution >= 0.6 is 0 Å². The van der Waals surface area contributed by atoms with E-state index in [9.17, 15) is 4.79 Å². The number of carbonyl (C=O) groups is 1. The summed E-state index contributed by atoms with van der Waals surface area (Å²) in [6, 6.07) is 7.43. The zero-order valence-electron chi connectivity index (χ0n) is 11.2. The van der Waals surface area contributed by atoms with Crippen LogP contribution in [0.1, 0.15) is 11.1 Å². The summed E-state index contributed by atoms with van der Waals surface area (Å²) in [4.78, 5) is 11.7. The Morgan fingerprint density at radius 2 is 2.00 bits per heavy atom. The summed E-state index contributed by atoms with van der Waals surface area (Å²) in [5.41, 5.74) is 2.06. The number of hydrogen-bond donors (Lipinski definition) is 3. The van der Waals surface area contributed by atoms with Crippen LogP contribution in [0.15, 0.2) is 30.5 Å². The quantitative estimate of drug-likeness (QED) is 0.748. The van der Waals surface area contributed by atoms with Crippen LogP contribution in [-0.2, 0) is 20.0 Å². The molecule has 0 spiro atoms. The molecule has 1 aromatic carbocycles. The molecule has 0 aliphatic rings. The third-order valence-electron chi connectivity index (χ3n) is 2.83. The van der Waals surface area contributed by atoms with E-state index in [0.29, 0.717) is 18.8 Å². The van der Waals surface area contributed by atoms with E-state index in [-0.39, 0.29) is 12.6 Å². The van der Waals surface area contributed by atoms with E-state index in [4.69, 9.17) is 5.11 Å². The van der Waals surface area contributed by atoms with Gasteiger partial charge in [0.2, 0.25) is 0 Å². The van der Waals surface area contributed by atoms with Crippen LogP contribution in [-0.4, -0.2) is 32.7 Å². The lowest BCUT2D eigenvalue weighted by Crippen LogP contribution is -2.29. The Labute approximate surface area is 116 Å². The molecule has 0 aliphatic carbocycles. The number of carbonyl (C=O) groups excluding carboxylic acids is 1. The summed E-state index contributed by atoms with van der Waals surface area (Å²) in [5.74, 6) is 0.529. The lowest BCUT2D eigenvalue weighted by Gasteiger charge is -2.07.